The molecule has 0 unspecified atom stereocenters. The molecule has 156 valence electrons. The predicted octanol–water partition coefficient (Wildman–Crippen LogP) is 3.14. The summed E-state index contributed by atoms with van der Waals surface area (Å²) in [5.74, 6) is 5.57. The van der Waals surface area contributed by atoms with Crippen LogP contribution in [-0.4, -0.2) is 30.3 Å². The topological polar surface area (TPSA) is 95.3 Å². The number of hydrogen-bond donors (Lipinski definition) is 4. The SMILES string of the molecule is CN=C(NN)c1cccc(/C=C/C(=O)NCCc2c(C)[nH]c3c(F)ccc(C)c23)c1. The van der Waals surface area contributed by atoms with E-state index in [0.717, 1.165) is 33.3 Å². The third-order valence-corrected chi connectivity index (χ3v) is 5.05. The molecule has 6 nitrogen and oxygen atoms in total. The van der Waals surface area contributed by atoms with E-state index in [0.29, 0.717) is 24.3 Å². The number of nitrogens with one attached hydrogen (secondary N) is 3. The highest BCUT2D eigenvalue weighted by Crippen LogP contribution is 2.27. The van der Waals surface area contributed by atoms with Crippen LogP contribution >= 0.6 is 0 Å². The van der Waals surface area contributed by atoms with Crippen LogP contribution in [0.5, 0.6) is 0 Å². The van der Waals surface area contributed by atoms with Gasteiger partial charge in [0.1, 0.15) is 11.7 Å². The van der Waals surface area contributed by atoms with E-state index in [-0.39, 0.29) is 11.7 Å². The highest BCUT2D eigenvalue weighted by molar-refractivity contribution is 5.99. The van der Waals surface area contributed by atoms with Crippen molar-refractivity contribution in [3.63, 3.8) is 0 Å². The first-order chi connectivity index (χ1) is 14.4. The molecule has 0 saturated carbocycles. The number of carbonyl (C=O) groups excluding carboxylic acids is 1. The van der Waals surface area contributed by atoms with E-state index < -0.39 is 0 Å². The lowest BCUT2D eigenvalue weighted by Gasteiger charge is -2.06. The summed E-state index contributed by atoms with van der Waals surface area (Å²) in [4.78, 5) is 19.4. The normalized spacial score (nSPS) is 12.0. The van der Waals surface area contributed by atoms with E-state index in [2.05, 4.69) is 20.7 Å². The number of fused-ring (bicyclic) bond motifs is 1. The maximum atomic E-state index is 14.1. The lowest BCUT2D eigenvalue weighted by molar-refractivity contribution is -0.116. The van der Waals surface area contributed by atoms with Crippen molar-refractivity contribution in [3.8, 4) is 0 Å². The summed E-state index contributed by atoms with van der Waals surface area (Å²) in [6.45, 7) is 4.34. The fourth-order valence-electron chi connectivity index (χ4n) is 3.56. The highest BCUT2D eigenvalue weighted by Gasteiger charge is 2.13. The van der Waals surface area contributed by atoms with Gasteiger partial charge in [0.25, 0.3) is 0 Å². The number of H-pyrrole nitrogens is 1. The van der Waals surface area contributed by atoms with Gasteiger partial charge in [-0.25, -0.2) is 10.2 Å². The molecule has 0 bridgehead atoms. The van der Waals surface area contributed by atoms with Crippen LogP contribution in [0.2, 0.25) is 0 Å². The summed E-state index contributed by atoms with van der Waals surface area (Å²) in [5, 5.41) is 3.79. The molecule has 3 aromatic rings. The van der Waals surface area contributed by atoms with Crippen molar-refractivity contribution in [1.29, 1.82) is 0 Å². The number of aromatic nitrogens is 1. The van der Waals surface area contributed by atoms with Crippen molar-refractivity contribution in [3.05, 3.63) is 76.2 Å². The molecule has 2 aromatic carbocycles. The van der Waals surface area contributed by atoms with Crippen molar-refractivity contribution >= 4 is 28.7 Å². The van der Waals surface area contributed by atoms with Crippen LogP contribution in [-0.2, 0) is 11.2 Å². The molecular formula is C23H26FN5O. The maximum Gasteiger partial charge on any atom is 0.244 e. The molecule has 0 spiro atoms. The summed E-state index contributed by atoms with van der Waals surface area (Å²) < 4.78 is 14.1. The Morgan fingerprint density at radius 2 is 2.07 bits per heavy atom. The summed E-state index contributed by atoms with van der Waals surface area (Å²) in [5.41, 5.74) is 7.72. The molecule has 0 aliphatic heterocycles. The predicted molar refractivity (Wildman–Crippen MR) is 120 cm³/mol. The Morgan fingerprint density at radius 3 is 2.80 bits per heavy atom. The number of hydrogen-bond acceptors (Lipinski definition) is 3. The third kappa shape index (κ3) is 4.58. The molecule has 30 heavy (non-hydrogen) atoms. The Balaban J connectivity index is 1.64. The molecule has 1 amide bonds. The minimum atomic E-state index is -0.264. The molecule has 7 heteroatoms. The number of amides is 1. The number of nitrogens with zero attached hydrogens (tertiary/aromatic N) is 1. The summed E-state index contributed by atoms with van der Waals surface area (Å²) in [6, 6.07) is 10.8. The number of benzene rings is 2. The van der Waals surface area contributed by atoms with Crippen LogP contribution in [0, 0.1) is 19.7 Å². The average molecular weight is 407 g/mol. The Labute approximate surface area is 175 Å². The van der Waals surface area contributed by atoms with Crippen LogP contribution in [0.4, 0.5) is 4.39 Å². The Hall–Kier alpha value is -3.45. The lowest BCUT2D eigenvalue weighted by Crippen LogP contribution is -2.30. The number of carbonyl (C=O) groups is 1. The Kier molecular flexibility index (Phi) is 6.64. The molecule has 0 atom stereocenters. The fraction of sp³-hybridized carbons (Fsp3) is 0.217. The van der Waals surface area contributed by atoms with Gasteiger partial charge >= 0.3 is 0 Å². The molecule has 0 saturated heterocycles. The van der Waals surface area contributed by atoms with Gasteiger partial charge in [0, 0.05) is 36.3 Å². The molecular weight excluding hydrogens is 381 g/mol. The quantitative estimate of drug-likeness (QED) is 0.166. The first-order valence-corrected chi connectivity index (χ1v) is 9.70. The van der Waals surface area contributed by atoms with E-state index in [9.17, 15) is 9.18 Å². The number of amidine groups is 1. The van der Waals surface area contributed by atoms with Crippen molar-refractivity contribution in [2.45, 2.75) is 20.3 Å². The van der Waals surface area contributed by atoms with Crippen LogP contribution in [0.25, 0.3) is 17.0 Å². The van der Waals surface area contributed by atoms with Crippen LogP contribution in [0.15, 0.2) is 47.5 Å². The fourth-order valence-corrected chi connectivity index (χ4v) is 3.56. The molecule has 0 fully saturated rings. The van der Waals surface area contributed by atoms with E-state index in [1.54, 1.807) is 19.2 Å². The molecule has 1 aromatic heterocycles. The van der Waals surface area contributed by atoms with E-state index in [1.807, 2.05) is 38.1 Å². The monoisotopic (exact) mass is 407 g/mol. The first kappa shape index (κ1) is 21.3. The second-order valence-electron chi connectivity index (χ2n) is 7.06. The zero-order chi connectivity index (χ0) is 21.7. The number of halogens is 1. The van der Waals surface area contributed by atoms with E-state index in [4.69, 9.17) is 5.84 Å². The average Bonchev–Trinajstić information content (AvgIpc) is 3.08. The number of rotatable bonds is 6. The second kappa shape index (κ2) is 9.37. The number of aliphatic imine (C=N–C) groups is 1. The van der Waals surface area contributed by atoms with Gasteiger partial charge in [0.2, 0.25) is 5.91 Å². The number of aryl methyl sites for hydroxylation is 2. The van der Waals surface area contributed by atoms with Gasteiger partial charge in [-0.3, -0.25) is 9.79 Å². The lowest BCUT2D eigenvalue weighted by atomic mass is 10.0. The van der Waals surface area contributed by atoms with Crippen LogP contribution in [0.1, 0.15) is 27.9 Å². The molecule has 1 heterocycles. The van der Waals surface area contributed by atoms with Gasteiger partial charge in [0.15, 0.2) is 0 Å². The van der Waals surface area contributed by atoms with Gasteiger partial charge in [-0.2, -0.15) is 0 Å². The van der Waals surface area contributed by atoms with Crippen molar-refractivity contribution in [1.82, 2.24) is 15.7 Å². The zero-order valence-electron chi connectivity index (χ0n) is 17.3. The molecule has 3 rings (SSSR count). The minimum Gasteiger partial charge on any atom is -0.356 e. The largest absolute Gasteiger partial charge is 0.356 e. The summed E-state index contributed by atoms with van der Waals surface area (Å²) in [6.07, 6.45) is 3.84. The molecule has 0 radical (unpaired) electrons. The highest BCUT2D eigenvalue weighted by atomic mass is 19.1. The number of nitrogens with two attached hydrogens (primary N) is 1. The third-order valence-electron chi connectivity index (χ3n) is 5.05. The second-order valence-corrected chi connectivity index (χ2v) is 7.06. The minimum absolute atomic E-state index is 0.192. The first-order valence-electron chi connectivity index (χ1n) is 9.70. The van der Waals surface area contributed by atoms with Gasteiger partial charge in [0.05, 0.1) is 5.52 Å². The van der Waals surface area contributed by atoms with Crippen molar-refractivity contribution < 1.29 is 9.18 Å². The van der Waals surface area contributed by atoms with Crippen LogP contribution in [0.3, 0.4) is 0 Å². The van der Waals surface area contributed by atoms with Gasteiger partial charge in [-0.05, 0) is 55.2 Å². The number of aromatic amines is 1. The van der Waals surface area contributed by atoms with E-state index >= 15 is 0 Å². The number of hydrazine groups is 1. The Morgan fingerprint density at radius 1 is 1.27 bits per heavy atom. The zero-order valence-corrected chi connectivity index (χ0v) is 17.3. The maximum absolute atomic E-state index is 14.1. The molecule has 0 aliphatic rings. The summed E-state index contributed by atoms with van der Waals surface area (Å²) >= 11 is 0. The Bertz CT molecular complexity index is 1130. The van der Waals surface area contributed by atoms with Gasteiger partial charge in [-0.1, -0.05) is 24.3 Å². The van der Waals surface area contributed by atoms with Gasteiger partial charge in [-0.15, -0.1) is 0 Å². The standard InChI is InChI=1S/C23H26FN5O/c1-14-7-9-19(24)22-21(14)18(15(2)28-22)11-12-27-20(30)10-8-16-5-4-6-17(13-16)23(26-3)29-25/h4-10,13,28H,11-12,25H2,1-3H3,(H,26,29)(H,27,30)/b10-8+. The summed E-state index contributed by atoms with van der Waals surface area (Å²) in [7, 11) is 1.65. The van der Waals surface area contributed by atoms with E-state index in [1.165, 1.54) is 12.1 Å². The van der Waals surface area contributed by atoms with Crippen molar-refractivity contribution in [2.75, 3.05) is 13.6 Å². The molecule has 5 N–H and O–H groups in total. The molecule has 0 aliphatic carbocycles. The van der Waals surface area contributed by atoms with Gasteiger partial charge < -0.3 is 15.7 Å². The van der Waals surface area contributed by atoms with Crippen LogP contribution < -0.4 is 16.6 Å². The smallest absolute Gasteiger partial charge is 0.244 e. The van der Waals surface area contributed by atoms with Crippen molar-refractivity contribution in [2.24, 2.45) is 10.8 Å².